The van der Waals surface area contributed by atoms with Crippen molar-refractivity contribution in [3.8, 4) is 0 Å². The number of esters is 2. The number of carbonyl (C=O) groups is 3. The minimum absolute atomic E-state index is 0.0566. The van der Waals surface area contributed by atoms with Crippen LogP contribution in [0.5, 0.6) is 0 Å². The third kappa shape index (κ3) is 46.2. The van der Waals surface area contributed by atoms with Gasteiger partial charge in [-0.1, -0.05) is 203 Å². The van der Waals surface area contributed by atoms with Crippen molar-refractivity contribution >= 4 is 17.9 Å². The van der Waals surface area contributed by atoms with Crippen LogP contribution >= 0.6 is 0 Å². The summed E-state index contributed by atoms with van der Waals surface area (Å²) in [6.45, 7) is 4.64. The van der Waals surface area contributed by atoms with Crippen LogP contribution in [0.15, 0.2) is 60.8 Å². The van der Waals surface area contributed by atoms with E-state index in [1.54, 1.807) is 0 Å². The molecule has 0 aromatic rings. The van der Waals surface area contributed by atoms with Crippen LogP contribution in [0.2, 0.25) is 0 Å². The molecule has 0 aromatic carbocycles. The Bertz CT molecular complexity index is 1260. The number of ether oxygens (including phenoxy) is 3. The summed E-state index contributed by atoms with van der Waals surface area (Å²) in [6, 6.07) is -0.619. The number of likely N-dealkylation sites (N-methyl/N-ethyl adjacent to an activating group) is 1. The van der Waals surface area contributed by atoms with Gasteiger partial charge < -0.3 is 23.8 Å². The second kappa shape index (κ2) is 48.5. The SMILES string of the molecule is CC/C=C/C/C=C/C/C=C/C/C=C/CCCCCCCCCCCC(=O)OCC(COCCC(C(=O)O)[N+](C)(C)C)OC(=O)CCCCCCCCC/C=C/CCCCCCCCCCC. The highest BCUT2D eigenvalue weighted by Crippen LogP contribution is 2.15. The Kier molecular flexibility index (Phi) is 46.3. The van der Waals surface area contributed by atoms with E-state index in [9.17, 15) is 19.5 Å². The van der Waals surface area contributed by atoms with Crippen LogP contribution in [-0.4, -0.2) is 80.6 Å². The van der Waals surface area contributed by atoms with Crippen molar-refractivity contribution in [2.45, 2.75) is 251 Å². The van der Waals surface area contributed by atoms with Gasteiger partial charge in [-0.2, -0.15) is 0 Å². The molecule has 0 saturated heterocycles. The van der Waals surface area contributed by atoms with Crippen molar-refractivity contribution in [1.29, 1.82) is 0 Å². The minimum atomic E-state index is -0.876. The fourth-order valence-corrected chi connectivity index (χ4v) is 7.96. The highest BCUT2D eigenvalue weighted by Gasteiger charge is 2.31. The topological polar surface area (TPSA) is 99.1 Å². The van der Waals surface area contributed by atoms with E-state index in [4.69, 9.17) is 14.2 Å². The Morgan fingerprint density at radius 2 is 0.848 bits per heavy atom. The highest BCUT2D eigenvalue weighted by molar-refractivity contribution is 5.72. The van der Waals surface area contributed by atoms with Crippen molar-refractivity contribution in [1.82, 2.24) is 0 Å². The summed E-state index contributed by atoms with van der Waals surface area (Å²) in [5.74, 6) is -1.47. The summed E-state index contributed by atoms with van der Waals surface area (Å²) in [4.78, 5) is 37.2. The van der Waals surface area contributed by atoms with Crippen molar-refractivity contribution in [3.63, 3.8) is 0 Å². The molecule has 0 amide bonds. The number of rotatable bonds is 49. The van der Waals surface area contributed by atoms with Gasteiger partial charge in [-0.15, -0.1) is 0 Å². The predicted molar refractivity (Wildman–Crippen MR) is 280 cm³/mol. The maximum absolute atomic E-state index is 12.8. The van der Waals surface area contributed by atoms with Gasteiger partial charge in [0.15, 0.2) is 12.1 Å². The first kappa shape index (κ1) is 63.0. The number of hydrogen-bond donors (Lipinski definition) is 1. The first-order valence-electron chi connectivity index (χ1n) is 27.3. The molecule has 0 heterocycles. The Labute approximate surface area is 407 Å². The smallest absolute Gasteiger partial charge is 0.362 e. The maximum Gasteiger partial charge on any atom is 0.362 e. The lowest BCUT2D eigenvalue weighted by Gasteiger charge is -2.31. The van der Waals surface area contributed by atoms with Crippen molar-refractivity contribution in [2.24, 2.45) is 0 Å². The molecule has 0 aliphatic rings. The Morgan fingerprint density at radius 3 is 1.27 bits per heavy atom. The lowest BCUT2D eigenvalue weighted by molar-refractivity contribution is -0.887. The van der Waals surface area contributed by atoms with Gasteiger partial charge in [0.2, 0.25) is 0 Å². The zero-order valence-electron chi connectivity index (χ0n) is 43.6. The molecule has 0 aromatic heterocycles. The summed E-state index contributed by atoms with van der Waals surface area (Å²) in [5.41, 5.74) is 0. The Hall–Kier alpha value is -2.97. The molecule has 0 fully saturated rings. The molecule has 0 aliphatic heterocycles. The molecule has 0 saturated carbocycles. The van der Waals surface area contributed by atoms with Crippen molar-refractivity contribution in [3.05, 3.63) is 60.8 Å². The molecule has 8 nitrogen and oxygen atoms in total. The maximum atomic E-state index is 12.8. The summed E-state index contributed by atoms with van der Waals surface area (Å²) < 4.78 is 17.4. The number of carbonyl (C=O) groups excluding carboxylic acids is 2. The standard InChI is InChI=1S/C58H103NO7/c1-6-8-10-12-14-16-18-20-22-24-26-28-29-31-32-34-36-38-40-42-44-46-48-56(60)65-53-54(52-64-51-50-55(58(62)63)59(3,4)5)66-57(61)49-47-45-43-41-39-37-35-33-30-27-25-23-21-19-17-15-13-11-9-7-2/h8,10,14,16,20,22,26-28,30,54-55H,6-7,9,11-13,15,17-19,21,23-25,29,31-53H2,1-5H3/p+1/b10-8+,16-14+,22-20+,28-26+,30-27+. The average molecular weight is 927 g/mol. The van der Waals surface area contributed by atoms with Crippen LogP contribution < -0.4 is 0 Å². The Balaban J connectivity index is 4.22. The van der Waals surface area contributed by atoms with E-state index in [0.29, 0.717) is 19.3 Å². The van der Waals surface area contributed by atoms with E-state index in [1.807, 2.05) is 21.1 Å². The van der Waals surface area contributed by atoms with E-state index in [0.717, 1.165) is 70.6 Å². The van der Waals surface area contributed by atoms with Crippen LogP contribution in [-0.2, 0) is 28.6 Å². The molecule has 0 spiro atoms. The first-order valence-corrected chi connectivity index (χ1v) is 27.3. The van der Waals surface area contributed by atoms with Gasteiger partial charge in [0.05, 0.1) is 34.4 Å². The zero-order valence-corrected chi connectivity index (χ0v) is 43.6. The molecular weight excluding hydrogens is 823 g/mol. The number of allylic oxidation sites excluding steroid dienone is 10. The highest BCUT2D eigenvalue weighted by atomic mass is 16.6. The summed E-state index contributed by atoms with van der Waals surface area (Å²) in [6.07, 6.45) is 61.3. The fourth-order valence-electron chi connectivity index (χ4n) is 7.96. The van der Waals surface area contributed by atoms with Gasteiger partial charge in [0.1, 0.15) is 6.61 Å². The summed E-state index contributed by atoms with van der Waals surface area (Å²) in [5, 5.41) is 9.67. The van der Waals surface area contributed by atoms with E-state index in [1.165, 1.54) is 135 Å². The molecule has 0 bridgehead atoms. The fraction of sp³-hybridized carbons (Fsp3) is 0.776. The van der Waals surface area contributed by atoms with Gasteiger partial charge in [0, 0.05) is 19.3 Å². The molecule has 2 unspecified atom stereocenters. The molecular formula is C58H104NO7+. The molecule has 382 valence electrons. The van der Waals surface area contributed by atoms with Crippen molar-refractivity contribution < 1.29 is 38.2 Å². The lowest BCUT2D eigenvalue weighted by Crippen LogP contribution is -2.50. The zero-order chi connectivity index (χ0) is 48.4. The van der Waals surface area contributed by atoms with Crippen LogP contribution in [0.25, 0.3) is 0 Å². The summed E-state index contributed by atoms with van der Waals surface area (Å²) >= 11 is 0. The first-order chi connectivity index (χ1) is 32.1. The van der Waals surface area contributed by atoms with Crippen LogP contribution in [0.1, 0.15) is 239 Å². The second-order valence-corrected chi connectivity index (χ2v) is 19.5. The predicted octanol–water partition coefficient (Wildman–Crippen LogP) is 16.1. The molecule has 0 radical (unpaired) electrons. The van der Waals surface area contributed by atoms with Gasteiger partial charge in [-0.3, -0.25) is 9.59 Å². The molecule has 0 aliphatic carbocycles. The van der Waals surface area contributed by atoms with Crippen molar-refractivity contribution in [2.75, 3.05) is 41.0 Å². The van der Waals surface area contributed by atoms with Gasteiger partial charge in [-0.05, 0) is 77.0 Å². The van der Waals surface area contributed by atoms with Crippen LogP contribution in [0.3, 0.4) is 0 Å². The van der Waals surface area contributed by atoms with E-state index < -0.39 is 18.1 Å². The summed E-state index contributed by atoms with van der Waals surface area (Å²) in [7, 11) is 5.54. The van der Waals surface area contributed by atoms with Crippen LogP contribution in [0, 0.1) is 0 Å². The lowest BCUT2D eigenvalue weighted by atomic mass is 10.1. The third-order valence-corrected chi connectivity index (χ3v) is 12.2. The number of hydrogen-bond acceptors (Lipinski definition) is 6. The monoisotopic (exact) mass is 927 g/mol. The van der Waals surface area contributed by atoms with Gasteiger partial charge in [-0.25, -0.2) is 4.79 Å². The second-order valence-electron chi connectivity index (χ2n) is 19.5. The molecule has 1 N–H and O–H groups in total. The largest absolute Gasteiger partial charge is 0.477 e. The molecule has 2 atom stereocenters. The number of carboxylic acids is 1. The average Bonchev–Trinajstić information content (AvgIpc) is 3.28. The van der Waals surface area contributed by atoms with E-state index >= 15 is 0 Å². The number of unbranched alkanes of at least 4 members (excludes halogenated alkanes) is 25. The number of nitrogens with zero attached hydrogens (tertiary/aromatic N) is 1. The molecule has 0 rings (SSSR count). The third-order valence-electron chi connectivity index (χ3n) is 12.2. The normalized spacial score (nSPS) is 13.3. The number of carboxylic acid groups (broad SMARTS) is 1. The quantitative estimate of drug-likeness (QED) is 0.0281. The number of quaternary nitrogens is 1. The van der Waals surface area contributed by atoms with Gasteiger partial charge >= 0.3 is 17.9 Å². The van der Waals surface area contributed by atoms with E-state index in [-0.39, 0.29) is 36.2 Å². The minimum Gasteiger partial charge on any atom is -0.477 e. The number of aliphatic carboxylic acids is 1. The Morgan fingerprint density at radius 1 is 0.470 bits per heavy atom. The van der Waals surface area contributed by atoms with E-state index in [2.05, 4.69) is 74.6 Å². The molecule has 8 heteroatoms. The molecule has 66 heavy (non-hydrogen) atoms. The van der Waals surface area contributed by atoms with Gasteiger partial charge in [0.25, 0.3) is 0 Å². The van der Waals surface area contributed by atoms with Crippen LogP contribution in [0.4, 0.5) is 0 Å².